The van der Waals surface area contributed by atoms with E-state index in [4.69, 9.17) is 10.2 Å². The molecule has 3 N–H and O–H groups in total. The van der Waals surface area contributed by atoms with Crippen molar-refractivity contribution in [2.75, 3.05) is 13.1 Å². The molecule has 0 aromatic heterocycles. The Morgan fingerprint density at radius 3 is 2.18 bits per heavy atom. The van der Waals surface area contributed by atoms with Gasteiger partial charge in [-0.2, -0.15) is 0 Å². The summed E-state index contributed by atoms with van der Waals surface area (Å²) in [6.07, 6.45) is 0.114. The third-order valence-electron chi connectivity index (χ3n) is 2.14. The number of carboxylic acids is 2. The fraction of sp³-hybridized carbons (Fsp3) is 0.700. The SMILES string of the molecule is CCCN(CC)C(=O)NC(CC(=O)O)C(=O)O. The predicted molar refractivity (Wildman–Crippen MR) is 59.7 cm³/mol. The first-order valence-corrected chi connectivity index (χ1v) is 5.42. The van der Waals surface area contributed by atoms with Crippen LogP contribution in [0.5, 0.6) is 0 Å². The maximum absolute atomic E-state index is 11.6. The Labute approximate surface area is 99.4 Å². The van der Waals surface area contributed by atoms with Crippen molar-refractivity contribution < 1.29 is 24.6 Å². The molecule has 0 radical (unpaired) electrons. The van der Waals surface area contributed by atoms with Gasteiger partial charge in [-0.15, -0.1) is 0 Å². The molecule has 1 atom stereocenters. The molecule has 17 heavy (non-hydrogen) atoms. The molecule has 0 heterocycles. The maximum atomic E-state index is 11.6. The summed E-state index contributed by atoms with van der Waals surface area (Å²) in [5.74, 6) is -2.62. The Kier molecular flexibility index (Phi) is 6.69. The molecule has 0 saturated heterocycles. The first-order valence-electron chi connectivity index (χ1n) is 5.42. The van der Waals surface area contributed by atoms with Crippen molar-refractivity contribution in [2.45, 2.75) is 32.7 Å². The highest BCUT2D eigenvalue weighted by Gasteiger charge is 2.24. The number of amides is 2. The van der Waals surface area contributed by atoms with Crippen LogP contribution in [0.15, 0.2) is 0 Å². The average Bonchev–Trinajstić information content (AvgIpc) is 2.23. The van der Waals surface area contributed by atoms with Gasteiger partial charge in [-0.05, 0) is 13.3 Å². The second-order valence-corrected chi connectivity index (χ2v) is 3.52. The second kappa shape index (κ2) is 7.48. The van der Waals surface area contributed by atoms with Crippen LogP contribution in [-0.2, 0) is 9.59 Å². The molecule has 7 heteroatoms. The van der Waals surface area contributed by atoms with Gasteiger partial charge in [0.25, 0.3) is 0 Å². The maximum Gasteiger partial charge on any atom is 0.326 e. The van der Waals surface area contributed by atoms with E-state index in [-0.39, 0.29) is 0 Å². The molecule has 0 spiro atoms. The van der Waals surface area contributed by atoms with E-state index in [1.165, 1.54) is 4.90 Å². The van der Waals surface area contributed by atoms with Crippen molar-refractivity contribution in [3.8, 4) is 0 Å². The van der Waals surface area contributed by atoms with E-state index in [2.05, 4.69) is 5.32 Å². The predicted octanol–water partition coefficient (Wildman–Crippen LogP) is 0.356. The number of hydrogen-bond acceptors (Lipinski definition) is 3. The standard InChI is InChI=1S/C10H18N2O5/c1-3-5-12(4-2)10(17)11-7(9(15)16)6-8(13)14/h7H,3-6H2,1-2H3,(H,11,17)(H,13,14)(H,15,16). The zero-order chi connectivity index (χ0) is 13.4. The summed E-state index contributed by atoms with van der Waals surface area (Å²) in [7, 11) is 0. The molecule has 0 aliphatic rings. The number of carbonyl (C=O) groups is 3. The van der Waals surface area contributed by atoms with Gasteiger partial charge >= 0.3 is 18.0 Å². The summed E-state index contributed by atoms with van der Waals surface area (Å²) in [4.78, 5) is 34.2. The molecular weight excluding hydrogens is 228 g/mol. The van der Waals surface area contributed by atoms with Gasteiger partial charge in [-0.3, -0.25) is 4.79 Å². The second-order valence-electron chi connectivity index (χ2n) is 3.52. The molecular formula is C10H18N2O5. The third-order valence-corrected chi connectivity index (χ3v) is 2.14. The number of hydrogen-bond donors (Lipinski definition) is 3. The summed E-state index contributed by atoms with van der Waals surface area (Å²) >= 11 is 0. The van der Waals surface area contributed by atoms with Crippen LogP contribution in [0.4, 0.5) is 4.79 Å². The lowest BCUT2D eigenvalue weighted by molar-refractivity contribution is -0.145. The summed E-state index contributed by atoms with van der Waals surface area (Å²) in [5.41, 5.74) is 0. The van der Waals surface area contributed by atoms with Gasteiger partial charge < -0.3 is 20.4 Å². The van der Waals surface area contributed by atoms with Crippen LogP contribution in [0.1, 0.15) is 26.7 Å². The number of carboxylic acid groups (broad SMARTS) is 2. The number of nitrogens with zero attached hydrogens (tertiary/aromatic N) is 1. The molecule has 0 rings (SSSR count). The van der Waals surface area contributed by atoms with Crippen LogP contribution < -0.4 is 5.32 Å². The lowest BCUT2D eigenvalue weighted by atomic mass is 10.2. The summed E-state index contributed by atoms with van der Waals surface area (Å²) in [6, 6.07) is -1.95. The zero-order valence-electron chi connectivity index (χ0n) is 9.97. The Bertz CT molecular complexity index is 292. The van der Waals surface area contributed by atoms with Gasteiger partial charge in [-0.25, -0.2) is 9.59 Å². The largest absolute Gasteiger partial charge is 0.481 e. The third kappa shape index (κ3) is 5.74. The first-order chi connectivity index (χ1) is 7.92. The van der Waals surface area contributed by atoms with Gasteiger partial charge in [0.2, 0.25) is 0 Å². The van der Waals surface area contributed by atoms with Crippen LogP contribution in [0.3, 0.4) is 0 Å². The van der Waals surface area contributed by atoms with Crippen LogP contribution in [0, 0.1) is 0 Å². The smallest absolute Gasteiger partial charge is 0.326 e. The van der Waals surface area contributed by atoms with E-state index >= 15 is 0 Å². The van der Waals surface area contributed by atoms with Gasteiger partial charge in [0, 0.05) is 13.1 Å². The molecule has 0 aromatic rings. The highest BCUT2D eigenvalue weighted by atomic mass is 16.4. The average molecular weight is 246 g/mol. The van der Waals surface area contributed by atoms with Crippen molar-refractivity contribution in [2.24, 2.45) is 0 Å². The van der Waals surface area contributed by atoms with Gasteiger partial charge in [0.05, 0.1) is 6.42 Å². The molecule has 2 amide bonds. The number of urea groups is 1. The molecule has 0 aliphatic carbocycles. The Morgan fingerprint density at radius 1 is 1.24 bits per heavy atom. The molecule has 98 valence electrons. The molecule has 7 nitrogen and oxygen atoms in total. The van der Waals surface area contributed by atoms with Crippen molar-refractivity contribution in [1.82, 2.24) is 10.2 Å². The van der Waals surface area contributed by atoms with E-state index in [1.54, 1.807) is 6.92 Å². The van der Waals surface area contributed by atoms with Gasteiger partial charge in [-0.1, -0.05) is 6.92 Å². The van der Waals surface area contributed by atoms with Gasteiger partial charge in [0.1, 0.15) is 6.04 Å². The minimum absolute atomic E-state index is 0.444. The number of rotatable bonds is 7. The monoisotopic (exact) mass is 246 g/mol. The van der Waals surface area contributed by atoms with E-state index in [9.17, 15) is 14.4 Å². The zero-order valence-corrected chi connectivity index (χ0v) is 9.97. The van der Waals surface area contributed by atoms with Crippen molar-refractivity contribution in [3.05, 3.63) is 0 Å². The lowest BCUT2D eigenvalue weighted by Gasteiger charge is -2.22. The Balaban J connectivity index is 4.47. The van der Waals surface area contributed by atoms with Crippen LogP contribution in [0.25, 0.3) is 0 Å². The molecule has 0 aliphatic heterocycles. The molecule has 1 unspecified atom stereocenters. The fourth-order valence-corrected chi connectivity index (χ4v) is 1.29. The topological polar surface area (TPSA) is 107 Å². The van der Waals surface area contributed by atoms with Crippen LogP contribution >= 0.6 is 0 Å². The summed E-state index contributed by atoms with van der Waals surface area (Å²) < 4.78 is 0. The van der Waals surface area contributed by atoms with Crippen molar-refractivity contribution in [3.63, 3.8) is 0 Å². The molecule has 0 aromatic carbocycles. The molecule has 0 bridgehead atoms. The number of aliphatic carboxylic acids is 2. The fourth-order valence-electron chi connectivity index (χ4n) is 1.29. The number of carbonyl (C=O) groups excluding carboxylic acids is 1. The minimum atomic E-state index is -1.40. The first kappa shape index (κ1) is 15.2. The molecule has 0 saturated carbocycles. The Morgan fingerprint density at radius 2 is 1.82 bits per heavy atom. The highest BCUT2D eigenvalue weighted by Crippen LogP contribution is 1.97. The quantitative estimate of drug-likeness (QED) is 0.601. The summed E-state index contributed by atoms with van der Waals surface area (Å²) in [5, 5.41) is 19.5. The van der Waals surface area contributed by atoms with E-state index in [0.29, 0.717) is 13.1 Å². The highest BCUT2D eigenvalue weighted by molar-refractivity contribution is 5.86. The van der Waals surface area contributed by atoms with Gasteiger partial charge in [0.15, 0.2) is 0 Å². The molecule has 0 fully saturated rings. The van der Waals surface area contributed by atoms with Crippen molar-refractivity contribution in [1.29, 1.82) is 0 Å². The number of nitrogens with one attached hydrogen (secondary N) is 1. The van der Waals surface area contributed by atoms with Crippen LogP contribution in [-0.4, -0.2) is 52.2 Å². The van der Waals surface area contributed by atoms with E-state index in [0.717, 1.165) is 6.42 Å². The lowest BCUT2D eigenvalue weighted by Crippen LogP contribution is -2.48. The van der Waals surface area contributed by atoms with E-state index < -0.39 is 30.4 Å². The minimum Gasteiger partial charge on any atom is -0.481 e. The normalized spacial score (nSPS) is 11.6. The van der Waals surface area contributed by atoms with E-state index in [1.807, 2.05) is 6.92 Å². The summed E-state index contributed by atoms with van der Waals surface area (Å²) in [6.45, 7) is 4.60. The van der Waals surface area contributed by atoms with Crippen LogP contribution in [0.2, 0.25) is 0 Å². The van der Waals surface area contributed by atoms with Crippen molar-refractivity contribution >= 4 is 18.0 Å². The Hall–Kier alpha value is -1.79.